The molecule has 6 nitrogen and oxygen atoms in total. The van der Waals surface area contributed by atoms with E-state index < -0.39 is 0 Å². The molecule has 0 atom stereocenters. The maximum atomic E-state index is 13.1. The van der Waals surface area contributed by atoms with Gasteiger partial charge in [-0.2, -0.15) is 10.2 Å². The predicted molar refractivity (Wildman–Crippen MR) is 95.4 cm³/mol. The van der Waals surface area contributed by atoms with Gasteiger partial charge in [0.25, 0.3) is 0 Å². The third kappa shape index (κ3) is 4.57. The maximum Gasteiger partial charge on any atom is 0.243 e. The Morgan fingerprint density at radius 1 is 1.24 bits per heavy atom. The Kier molecular flexibility index (Phi) is 6.11. The largest absolute Gasteiger partial charge is 0.348 e. The second kappa shape index (κ2) is 8.49. The Hall–Kier alpha value is -3.35. The Morgan fingerprint density at radius 2 is 1.92 bits per heavy atom. The number of halogens is 1. The van der Waals surface area contributed by atoms with Crippen LogP contribution in [0.1, 0.15) is 11.1 Å². The molecule has 0 aliphatic carbocycles. The van der Waals surface area contributed by atoms with Crippen LogP contribution < -0.4 is 11.2 Å². The van der Waals surface area contributed by atoms with E-state index in [2.05, 4.69) is 27.2 Å². The molecule has 0 fully saturated rings. The number of nitrogens with zero attached hydrogens (tertiary/aromatic N) is 3. The van der Waals surface area contributed by atoms with Crippen molar-refractivity contribution < 1.29 is 9.18 Å². The summed E-state index contributed by atoms with van der Waals surface area (Å²) in [6.45, 7) is 3.67. The number of azo groups is 1. The number of amidine groups is 1. The number of nitrogens with two attached hydrogens (primary N) is 1. The minimum atomic E-state index is -0.309. The molecule has 0 bridgehead atoms. The maximum absolute atomic E-state index is 13.1. The van der Waals surface area contributed by atoms with E-state index in [9.17, 15) is 9.18 Å². The van der Waals surface area contributed by atoms with E-state index in [1.165, 1.54) is 25.3 Å². The van der Waals surface area contributed by atoms with Crippen LogP contribution in [0.5, 0.6) is 0 Å². The fraction of sp³-hybridized carbons (Fsp3) is 0.111. The highest BCUT2D eigenvalue weighted by Gasteiger charge is 2.12. The zero-order valence-corrected chi connectivity index (χ0v) is 13.7. The van der Waals surface area contributed by atoms with E-state index in [0.29, 0.717) is 5.56 Å². The van der Waals surface area contributed by atoms with Crippen molar-refractivity contribution in [2.24, 2.45) is 21.2 Å². The highest BCUT2D eigenvalue weighted by Crippen LogP contribution is 2.24. The summed E-state index contributed by atoms with van der Waals surface area (Å²) < 4.78 is 13.1. The molecular weight excluding hydrogens is 321 g/mol. The van der Waals surface area contributed by atoms with E-state index in [1.54, 1.807) is 12.1 Å². The highest BCUT2D eigenvalue weighted by atomic mass is 19.1. The highest BCUT2D eigenvalue weighted by molar-refractivity contribution is 6.01. The third-order valence-corrected chi connectivity index (χ3v) is 3.48. The van der Waals surface area contributed by atoms with Crippen molar-refractivity contribution in [3.63, 3.8) is 0 Å². The lowest BCUT2D eigenvalue weighted by molar-refractivity contribution is -0.116. The predicted octanol–water partition coefficient (Wildman–Crippen LogP) is 3.00. The Morgan fingerprint density at radius 3 is 2.52 bits per heavy atom. The lowest BCUT2D eigenvalue weighted by Crippen LogP contribution is -2.21. The first-order chi connectivity index (χ1) is 12.1. The molecule has 0 aromatic heterocycles. The fourth-order valence-corrected chi connectivity index (χ4v) is 2.26. The van der Waals surface area contributed by atoms with E-state index in [0.717, 1.165) is 16.7 Å². The fourth-order valence-electron chi connectivity index (χ4n) is 2.26. The zero-order chi connectivity index (χ0) is 18.2. The van der Waals surface area contributed by atoms with Gasteiger partial charge in [0.1, 0.15) is 5.82 Å². The van der Waals surface area contributed by atoms with Crippen molar-refractivity contribution in [2.75, 3.05) is 7.05 Å². The monoisotopic (exact) mass is 339 g/mol. The van der Waals surface area contributed by atoms with Crippen LogP contribution in [0.25, 0.3) is 11.1 Å². The summed E-state index contributed by atoms with van der Waals surface area (Å²) >= 11 is 0. The first-order valence-electron chi connectivity index (χ1n) is 7.46. The number of rotatable bonds is 5. The summed E-state index contributed by atoms with van der Waals surface area (Å²) in [6, 6.07) is 11.6. The van der Waals surface area contributed by atoms with Crippen LogP contribution in [0.4, 0.5) is 4.39 Å². The normalized spacial score (nSPS) is 11.5. The number of carbonyl (C=O) groups excluding carboxylic acids is 1. The number of hydrogen-bond donors (Lipinski definition) is 2. The van der Waals surface area contributed by atoms with E-state index in [-0.39, 0.29) is 24.1 Å². The summed E-state index contributed by atoms with van der Waals surface area (Å²) in [5.74, 6) is 5.06. The van der Waals surface area contributed by atoms with Crippen molar-refractivity contribution in [1.82, 2.24) is 5.32 Å². The van der Waals surface area contributed by atoms with Crippen LogP contribution in [0.2, 0.25) is 0 Å². The average molecular weight is 339 g/mol. The minimum absolute atomic E-state index is 0.231. The Balaban J connectivity index is 2.47. The SMILES string of the molecule is C=CC(=O)NCc1ccc(-c2ccc(F)cc2)cc1C(N=NC)=NN. The molecule has 2 aromatic carbocycles. The van der Waals surface area contributed by atoms with Gasteiger partial charge in [0.05, 0.1) is 0 Å². The summed E-state index contributed by atoms with van der Waals surface area (Å²) in [7, 11) is 1.51. The van der Waals surface area contributed by atoms with Gasteiger partial charge >= 0.3 is 0 Å². The van der Waals surface area contributed by atoms with Crippen LogP contribution in [-0.2, 0) is 11.3 Å². The van der Waals surface area contributed by atoms with Crippen molar-refractivity contribution in [3.8, 4) is 11.1 Å². The number of hydrogen-bond acceptors (Lipinski definition) is 4. The first kappa shape index (κ1) is 18.0. The van der Waals surface area contributed by atoms with Gasteiger partial charge in [0, 0.05) is 19.2 Å². The number of carbonyl (C=O) groups is 1. The van der Waals surface area contributed by atoms with Crippen LogP contribution in [-0.4, -0.2) is 18.8 Å². The third-order valence-electron chi connectivity index (χ3n) is 3.48. The van der Waals surface area contributed by atoms with Crippen molar-refractivity contribution in [3.05, 3.63) is 72.1 Å². The molecule has 0 spiro atoms. The Bertz CT molecular complexity index is 828. The number of nitrogens with one attached hydrogen (secondary N) is 1. The standard InChI is InChI=1S/C18H18FN5O/c1-3-17(25)22-11-14-5-4-13(12-6-8-15(19)9-7-12)10-16(14)18(23-20)24-21-2/h3-10H,1,11,20H2,2H3,(H,22,25). The van der Waals surface area contributed by atoms with Crippen molar-refractivity contribution in [2.45, 2.75) is 6.54 Å². The van der Waals surface area contributed by atoms with E-state index >= 15 is 0 Å². The quantitative estimate of drug-likeness (QED) is 0.219. The summed E-state index contributed by atoms with van der Waals surface area (Å²) in [5, 5.41) is 14.0. The molecule has 0 saturated heterocycles. The molecule has 0 aliphatic rings. The molecule has 7 heteroatoms. The summed E-state index contributed by atoms with van der Waals surface area (Å²) in [6.07, 6.45) is 1.19. The van der Waals surface area contributed by atoms with Gasteiger partial charge in [-0.3, -0.25) is 4.79 Å². The van der Waals surface area contributed by atoms with Crippen molar-refractivity contribution >= 4 is 11.7 Å². The van der Waals surface area contributed by atoms with Crippen LogP contribution >= 0.6 is 0 Å². The van der Waals surface area contributed by atoms with Crippen LogP contribution in [0.15, 0.2) is 70.4 Å². The van der Waals surface area contributed by atoms with Gasteiger partial charge in [-0.1, -0.05) is 30.8 Å². The Labute approximate surface area is 145 Å². The molecule has 0 heterocycles. The number of benzene rings is 2. The molecular formula is C18H18FN5O. The second-order valence-electron chi connectivity index (χ2n) is 5.05. The lowest BCUT2D eigenvalue weighted by Gasteiger charge is -2.12. The molecule has 3 N–H and O–H groups in total. The van der Waals surface area contributed by atoms with Gasteiger partial charge in [0.2, 0.25) is 5.91 Å². The molecule has 0 aliphatic heterocycles. The molecule has 1 amide bonds. The molecule has 0 unspecified atom stereocenters. The first-order valence-corrected chi connectivity index (χ1v) is 7.46. The zero-order valence-electron chi connectivity index (χ0n) is 13.7. The van der Waals surface area contributed by atoms with Gasteiger partial charge < -0.3 is 11.2 Å². The smallest absolute Gasteiger partial charge is 0.243 e. The van der Waals surface area contributed by atoms with Gasteiger partial charge in [-0.25, -0.2) is 4.39 Å². The van der Waals surface area contributed by atoms with Crippen LogP contribution in [0, 0.1) is 5.82 Å². The molecule has 0 radical (unpaired) electrons. The topological polar surface area (TPSA) is 92.2 Å². The summed E-state index contributed by atoms with van der Waals surface area (Å²) in [5.41, 5.74) is 3.05. The average Bonchev–Trinajstić information content (AvgIpc) is 2.64. The molecule has 25 heavy (non-hydrogen) atoms. The number of amides is 1. The molecule has 128 valence electrons. The lowest BCUT2D eigenvalue weighted by atomic mass is 9.98. The molecule has 2 aromatic rings. The van der Waals surface area contributed by atoms with Gasteiger partial charge in [-0.15, -0.1) is 5.11 Å². The van der Waals surface area contributed by atoms with Gasteiger partial charge in [-0.05, 0) is 41.0 Å². The van der Waals surface area contributed by atoms with Gasteiger partial charge in [0.15, 0.2) is 5.84 Å². The van der Waals surface area contributed by atoms with E-state index in [1.807, 2.05) is 18.2 Å². The van der Waals surface area contributed by atoms with Crippen molar-refractivity contribution in [1.29, 1.82) is 0 Å². The molecule has 0 saturated carbocycles. The summed E-state index contributed by atoms with van der Waals surface area (Å²) in [4.78, 5) is 11.4. The van der Waals surface area contributed by atoms with E-state index in [4.69, 9.17) is 5.84 Å². The second-order valence-corrected chi connectivity index (χ2v) is 5.05. The minimum Gasteiger partial charge on any atom is -0.348 e. The van der Waals surface area contributed by atoms with Crippen LogP contribution in [0.3, 0.4) is 0 Å². The number of hydrazone groups is 1. The molecule has 2 rings (SSSR count).